The number of piperidine rings is 1. The summed E-state index contributed by atoms with van der Waals surface area (Å²) in [6, 6.07) is 6.51. The van der Waals surface area contributed by atoms with Crippen LogP contribution in [0.4, 0.5) is 23.0 Å². The maximum absolute atomic E-state index is 14.2. The molecule has 3 aliphatic heterocycles. The van der Waals surface area contributed by atoms with Crippen molar-refractivity contribution in [3.8, 4) is 0 Å². The lowest BCUT2D eigenvalue weighted by atomic mass is 9.78. The lowest BCUT2D eigenvalue weighted by molar-refractivity contribution is -0.136. The van der Waals surface area contributed by atoms with E-state index in [0.717, 1.165) is 30.6 Å². The van der Waals surface area contributed by atoms with E-state index in [0.29, 0.717) is 66.1 Å². The summed E-state index contributed by atoms with van der Waals surface area (Å²) < 4.78 is 1.70. The topological polar surface area (TPSA) is 219 Å². The van der Waals surface area contributed by atoms with E-state index < -0.39 is 35.3 Å². The third kappa shape index (κ3) is 5.81. The standard InChI is InChI=1S/C37H39N9O7/c1-20-16-24(42-27-18-26(38)39-19-40-27)34(52)46-30(20)35(53)44(37(46)13-11-36(9-10-36)12-14-37)15-3-2-4-28(47)41-21-5-6-22-23(17-21)33(51)45(32(22)50)25-7-8-29(48)43-31(25)49/h5-6,16-19,25H,2-4,7-15H2,1H3,(H,41,47)(H,43,48,49)(H3,38,39,40,42). The molecule has 2 spiro atoms. The largest absolute Gasteiger partial charge is 0.384 e. The molecule has 1 saturated heterocycles. The van der Waals surface area contributed by atoms with E-state index in [1.165, 1.54) is 30.6 Å². The third-order valence-electron chi connectivity index (χ3n) is 11.5. The van der Waals surface area contributed by atoms with E-state index in [1.54, 1.807) is 10.6 Å². The lowest BCUT2D eigenvalue weighted by Gasteiger charge is -2.45. The molecule has 5 heterocycles. The van der Waals surface area contributed by atoms with Crippen LogP contribution in [0.25, 0.3) is 0 Å². The molecule has 0 bridgehead atoms. The fourth-order valence-corrected chi connectivity index (χ4v) is 8.50. The van der Waals surface area contributed by atoms with Crippen molar-refractivity contribution in [3.63, 3.8) is 0 Å². The predicted molar refractivity (Wildman–Crippen MR) is 190 cm³/mol. The van der Waals surface area contributed by atoms with Crippen LogP contribution in [0, 0.1) is 12.3 Å². The number of rotatable bonds is 9. The summed E-state index contributed by atoms with van der Waals surface area (Å²) in [4.78, 5) is 102. The number of pyridine rings is 1. The van der Waals surface area contributed by atoms with E-state index in [9.17, 15) is 33.6 Å². The van der Waals surface area contributed by atoms with Crippen LogP contribution in [-0.2, 0) is 20.0 Å². The average Bonchev–Trinajstić information content (AvgIpc) is 3.78. The molecule has 5 N–H and O–H groups in total. The molecule has 6 amide bonds. The van der Waals surface area contributed by atoms with Gasteiger partial charge in [-0.3, -0.25) is 48.3 Å². The Kier molecular flexibility index (Phi) is 8.14. The van der Waals surface area contributed by atoms with Crippen molar-refractivity contribution < 1.29 is 28.8 Å². The van der Waals surface area contributed by atoms with Crippen LogP contribution in [0.2, 0.25) is 0 Å². The van der Waals surface area contributed by atoms with Crippen molar-refractivity contribution in [2.45, 2.75) is 89.3 Å². The molecular formula is C37H39N9O7. The van der Waals surface area contributed by atoms with Crippen LogP contribution >= 0.6 is 0 Å². The molecule has 16 nitrogen and oxygen atoms in total. The number of nitrogens with two attached hydrogens (primary N) is 1. The number of unbranched alkanes of at least 4 members (excludes halogenated alkanes) is 1. The number of nitrogens with zero attached hydrogens (tertiary/aromatic N) is 5. The Morgan fingerprint density at radius 3 is 2.38 bits per heavy atom. The van der Waals surface area contributed by atoms with E-state index in [1.807, 2.05) is 11.8 Å². The maximum Gasteiger partial charge on any atom is 0.276 e. The Bertz CT molecular complexity index is 2180. The summed E-state index contributed by atoms with van der Waals surface area (Å²) in [5, 5.41) is 8.05. The van der Waals surface area contributed by atoms with Gasteiger partial charge >= 0.3 is 0 Å². The van der Waals surface area contributed by atoms with E-state index in [4.69, 9.17) is 5.73 Å². The molecule has 3 aromatic rings. The summed E-state index contributed by atoms with van der Waals surface area (Å²) in [7, 11) is 0. The van der Waals surface area contributed by atoms with E-state index >= 15 is 0 Å². The van der Waals surface area contributed by atoms with E-state index in [-0.39, 0.29) is 53.6 Å². The number of fused-ring (bicyclic) bond motifs is 3. The zero-order valence-electron chi connectivity index (χ0n) is 29.2. The minimum atomic E-state index is -1.08. The fourth-order valence-electron chi connectivity index (χ4n) is 8.50. The Hall–Kier alpha value is -5.93. The van der Waals surface area contributed by atoms with Gasteiger partial charge in [0, 0.05) is 31.1 Å². The van der Waals surface area contributed by atoms with Crippen molar-refractivity contribution in [1.82, 2.24) is 29.7 Å². The summed E-state index contributed by atoms with van der Waals surface area (Å²) in [5.41, 5.74) is 6.87. The number of hydrogen-bond donors (Lipinski definition) is 4. The maximum atomic E-state index is 14.2. The van der Waals surface area contributed by atoms with Gasteiger partial charge in [-0.1, -0.05) is 0 Å². The highest BCUT2D eigenvalue weighted by Crippen LogP contribution is 2.60. The number of nitrogens with one attached hydrogen (secondary N) is 3. The zero-order chi connectivity index (χ0) is 37.2. The molecule has 8 rings (SSSR count). The first-order valence-corrected chi connectivity index (χ1v) is 18.0. The van der Waals surface area contributed by atoms with Gasteiger partial charge in [-0.25, -0.2) is 9.97 Å². The van der Waals surface area contributed by atoms with Crippen LogP contribution in [0.1, 0.15) is 107 Å². The summed E-state index contributed by atoms with van der Waals surface area (Å²) in [5.74, 6) is -2.31. The lowest BCUT2D eigenvalue weighted by Crippen LogP contribution is -2.54. The van der Waals surface area contributed by atoms with Gasteiger partial charge in [0.25, 0.3) is 23.3 Å². The summed E-state index contributed by atoms with van der Waals surface area (Å²) >= 11 is 0. The smallest absolute Gasteiger partial charge is 0.276 e. The monoisotopic (exact) mass is 721 g/mol. The van der Waals surface area contributed by atoms with Gasteiger partial charge in [-0.2, -0.15) is 0 Å². The number of nitrogen functional groups attached to an aromatic ring is 1. The van der Waals surface area contributed by atoms with Crippen LogP contribution in [0.3, 0.4) is 0 Å². The Balaban J connectivity index is 0.941. The molecule has 2 saturated carbocycles. The highest BCUT2D eigenvalue weighted by atomic mass is 16.2. The predicted octanol–water partition coefficient (Wildman–Crippen LogP) is 2.95. The van der Waals surface area contributed by atoms with Crippen LogP contribution in [-0.4, -0.2) is 72.4 Å². The highest BCUT2D eigenvalue weighted by molar-refractivity contribution is 6.24. The number of aryl methyl sites for hydroxylation is 1. The third-order valence-corrected chi connectivity index (χ3v) is 11.5. The molecule has 1 aromatic carbocycles. The average molecular weight is 722 g/mol. The van der Waals surface area contributed by atoms with Crippen molar-refractivity contribution >= 4 is 58.5 Å². The second-order valence-corrected chi connectivity index (χ2v) is 14.8. The molecule has 1 atom stereocenters. The van der Waals surface area contributed by atoms with Gasteiger partial charge < -0.3 is 21.3 Å². The Morgan fingerprint density at radius 1 is 0.925 bits per heavy atom. The van der Waals surface area contributed by atoms with Gasteiger partial charge in [-0.05, 0) is 100.0 Å². The summed E-state index contributed by atoms with van der Waals surface area (Å²) in [6.07, 6.45) is 7.96. The van der Waals surface area contributed by atoms with Crippen molar-refractivity contribution in [2.75, 3.05) is 22.9 Å². The molecule has 2 aliphatic carbocycles. The second kappa shape index (κ2) is 12.6. The van der Waals surface area contributed by atoms with Crippen LogP contribution in [0.5, 0.6) is 0 Å². The van der Waals surface area contributed by atoms with Gasteiger partial charge in [0.2, 0.25) is 17.7 Å². The minimum absolute atomic E-state index is 0.0173. The van der Waals surface area contributed by atoms with Gasteiger partial charge in [0.05, 0.1) is 11.1 Å². The number of carbonyl (C=O) groups is 6. The molecule has 0 radical (unpaired) electrons. The number of anilines is 4. The number of aromatic nitrogens is 3. The zero-order valence-corrected chi connectivity index (χ0v) is 29.2. The fraction of sp³-hybridized carbons (Fsp3) is 0.432. The number of benzene rings is 1. The number of amides is 6. The van der Waals surface area contributed by atoms with E-state index in [2.05, 4.69) is 25.9 Å². The first-order valence-electron chi connectivity index (χ1n) is 18.0. The van der Waals surface area contributed by atoms with Crippen molar-refractivity contribution in [1.29, 1.82) is 0 Å². The van der Waals surface area contributed by atoms with Gasteiger partial charge in [0.1, 0.15) is 41.0 Å². The number of imide groups is 2. The first kappa shape index (κ1) is 34.2. The van der Waals surface area contributed by atoms with Crippen molar-refractivity contribution in [2.24, 2.45) is 5.41 Å². The van der Waals surface area contributed by atoms with Crippen molar-refractivity contribution in [3.05, 3.63) is 69.4 Å². The Morgan fingerprint density at radius 2 is 1.66 bits per heavy atom. The molecule has 53 heavy (non-hydrogen) atoms. The molecule has 2 aromatic heterocycles. The SMILES string of the molecule is Cc1cc(Nc2cc(N)ncn2)c(=O)n2c1C(=O)N(CCCCC(=O)Nc1ccc3c(c1)C(=O)N(C1CCC(=O)NC1=O)C3=O)C21CCC2(CC2)CC1. The quantitative estimate of drug-likeness (QED) is 0.186. The second-order valence-electron chi connectivity index (χ2n) is 14.8. The highest BCUT2D eigenvalue weighted by Gasteiger charge is 2.57. The normalized spacial score (nSPS) is 20.8. The first-order chi connectivity index (χ1) is 25.4. The number of hydrogen-bond acceptors (Lipinski definition) is 11. The molecule has 5 aliphatic rings. The van der Waals surface area contributed by atoms with Crippen LogP contribution in [0.15, 0.2) is 41.5 Å². The summed E-state index contributed by atoms with van der Waals surface area (Å²) in [6.45, 7) is 2.18. The molecule has 3 fully saturated rings. The van der Waals surface area contributed by atoms with Gasteiger partial charge in [-0.15, -0.1) is 0 Å². The number of carbonyl (C=O) groups excluding carboxylic acids is 6. The Labute approximate surface area is 303 Å². The molecular weight excluding hydrogens is 682 g/mol. The minimum Gasteiger partial charge on any atom is -0.384 e. The molecule has 274 valence electrons. The van der Waals surface area contributed by atoms with Crippen LogP contribution < -0.4 is 27.2 Å². The molecule has 16 heteroatoms. The van der Waals surface area contributed by atoms with Gasteiger partial charge in [0.15, 0.2) is 0 Å². The molecule has 1 unspecified atom stereocenters.